The number of halogens is 1. The second-order valence-electron chi connectivity index (χ2n) is 5.63. The summed E-state index contributed by atoms with van der Waals surface area (Å²) in [7, 11) is 0. The molecule has 2 nitrogen and oxygen atoms in total. The molecule has 0 bridgehead atoms. The molecule has 0 unspecified atom stereocenters. The van der Waals surface area contributed by atoms with Gasteiger partial charge in [-0.15, -0.1) is 0 Å². The summed E-state index contributed by atoms with van der Waals surface area (Å²) in [6, 6.07) is 8.36. The molecule has 2 rings (SSSR count). The van der Waals surface area contributed by atoms with Crippen molar-refractivity contribution in [2.75, 3.05) is 13.2 Å². The zero-order valence-electron chi connectivity index (χ0n) is 11.6. The molecule has 0 amide bonds. The Morgan fingerprint density at radius 3 is 2.78 bits per heavy atom. The molecular formula is C15H22ClNO. The number of ether oxygens (including phenoxy) is 1. The summed E-state index contributed by atoms with van der Waals surface area (Å²) >= 11 is 6.07. The SMILES string of the molecule is CCN1[C@@H](C)[C@H](c2cccc(Cl)c2)OCC1(C)C. The van der Waals surface area contributed by atoms with Gasteiger partial charge in [-0.2, -0.15) is 0 Å². The maximum atomic E-state index is 6.08. The van der Waals surface area contributed by atoms with Crippen molar-refractivity contribution in [1.82, 2.24) is 4.90 Å². The standard InChI is InChI=1S/C15H22ClNO/c1-5-17-11(2)14(18-10-15(17,3)4)12-7-6-8-13(16)9-12/h6-9,11,14H,5,10H2,1-4H3/t11-,14+/m0/s1. The van der Waals surface area contributed by atoms with Gasteiger partial charge in [0.2, 0.25) is 0 Å². The quantitative estimate of drug-likeness (QED) is 0.806. The maximum Gasteiger partial charge on any atom is 0.0978 e. The Morgan fingerprint density at radius 2 is 2.17 bits per heavy atom. The minimum absolute atomic E-state index is 0.100. The zero-order chi connectivity index (χ0) is 13.3. The van der Waals surface area contributed by atoms with Crippen molar-refractivity contribution in [1.29, 1.82) is 0 Å². The second-order valence-corrected chi connectivity index (χ2v) is 6.06. The van der Waals surface area contributed by atoms with Gasteiger partial charge in [0.05, 0.1) is 12.7 Å². The Hall–Kier alpha value is -0.570. The molecule has 1 aliphatic rings. The molecule has 1 heterocycles. The largest absolute Gasteiger partial charge is 0.370 e. The van der Waals surface area contributed by atoms with E-state index >= 15 is 0 Å². The molecule has 0 radical (unpaired) electrons. The van der Waals surface area contributed by atoms with Gasteiger partial charge in [0.15, 0.2) is 0 Å². The van der Waals surface area contributed by atoms with Crippen LogP contribution in [0.1, 0.15) is 39.4 Å². The van der Waals surface area contributed by atoms with E-state index in [1.165, 1.54) is 5.56 Å². The van der Waals surface area contributed by atoms with Gasteiger partial charge in [-0.3, -0.25) is 4.90 Å². The smallest absolute Gasteiger partial charge is 0.0978 e. The molecule has 0 aromatic heterocycles. The van der Waals surface area contributed by atoms with E-state index in [1.807, 2.05) is 18.2 Å². The first-order valence-corrected chi connectivity index (χ1v) is 6.97. The number of morpholine rings is 1. The number of rotatable bonds is 2. The molecule has 1 aliphatic heterocycles. The summed E-state index contributed by atoms with van der Waals surface area (Å²) in [6.45, 7) is 10.7. The van der Waals surface area contributed by atoms with Crippen LogP contribution in [0.4, 0.5) is 0 Å². The third kappa shape index (κ3) is 2.56. The van der Waals surface area contributed by atoms with Gasteiger partial charge in [0.25, 0.3) is 0 Å². The number of hydrogen-bond donors (Lipinski definition) is 0. The molecular weight excluding hydrogens is 246 g/mol. The van der Waals surface area contributed by atoms with E-state index in [2.05, 4.69) is 38.7 Å². The molecule has 1 fully saturated rings. The van der Waals surface area contributed by atoms with Crippen LogP contribution in [0, 0.1) is 0 Å². The Labute approximate surface area is 115 Å². The van der Waals surface area contributed by atoms with Crippen molar-refractivity contribution in [3.8, 4) is 0 Å². The first-order valence-electron chi connectivity index (χ1n) is 6.59. The Morgan fingerprint density at radius 1 is 1.44 bits per heavy atom. The van der Waals surface area contributed by atoms with Gasteiger partial charge in [-0.25, -0.2) is 0 Å². The fourth-order valence-electron chi connectivity index (χ4n) is 3.00. The van der Waals surface area contributed by atoms with Crippen molar-refractivity contribution < 1.29 is 4.74 Å². The number of hydrogen-bond acceptors (Lipinski definition) is 2. The van der Waals surface area contributed by atoms with E-state index in [4.69, 9.17) is 16.3 Å². The van der Waals surface area contributed by atoms with Crippen LogP contribution >= 0.6 is 11.6 Å². The molecule has 100 valence electrons. The molecule has 1 aromatic carbocycles. The first kappa shape index (κ1) is 13.9. The predicted molar refractivity (Wildman–Crippen MR) is 76.1 cm³/mol. The van der Waals surface area contributed by atoms with Crippen LogP contribution in [0.2, 0.25) is 5.02 Å². The van der Waals surface area contributed by atoms with Crippen molar-refractivity contribution in [3.05, 3.63) is 34.9 Å². The van der Waals surface area contributed by atoms with E-state index in [1.54, 1.807) is 0 Å². The lowest BCUT2D eigenvalue weighted by molar-refractivity contribution is -0.132. The number of benzene rings is 1. The Bertz CT molecular complexity index is 419. The fourth-order valence-corrected chi connectivity index (χ4v) is 3.20. The third-order valence-electron chi connectivity index (χ3n) is 3.84. The summed E-state index contributed by atoms with van der Waals surface area (Å²) in [6.07, 6.45) is 0.108. The topological polar surface area (TPSA) is 12.5 Å². The normalized spacial score (nSPS) is 28.3. The molecule has 2 atom stereocenters. The highest BCUT2D eigenvalue weighted by Crippen LogP contribution is 2.35. The molecule has 1 saturated heterocycles. The molecule has 1 aromatic rings. The highest BCUT2D eigenvalue weighted by molar-refractivity contribution is 6.30. The molecule has 0 saturated carbocycles. The lowest BCUT2D eigenvalue weighted by atomic mass is 9.92. The van der Waals surface area contributed by atoms with Crippen molar-refractivity contribution in [3.63, 3.8) is 0 Å². The van der Waals surface area contributed by atoms with Crippen LogP contribution in [-0.4, -0.2) is 29.6 Å². The second kappa shape index (κ2) is 5.20. The van der Waals surface area contributed by atoms with Gasteiger partial charge >= 0.3 is 0 Å². The first-order chi connectivity index (χ1) is 8.45. The van der Waals surface area contributed by atoms with Crippen LogP contribution in [0.25, 0.3) is 0 Å². The summed E-state index contributed by atoms with van der Waals surface area (Å²) in [5.41, 5.74) is 1.27. The van der Waals surface area contributed by atoms with Crippen LogP contribution in [0.5, 0.6) is 0 Å². The van der Waals surface area contributed by atoms with E-state index in [-0.39, 0.29) is 11.6 Å². The monoisotopic (exact) mass is 267 g/mol. The number of nitrogens with zero attached hydrogens (tertiary/aromatic N) is 1. The van der Waals surface area contributed by atoms with E-state index < -0.39 is 0 Å². The predicted octanol–water partition coefficient (Wildman–Crippen LogP) is 3.90. The third-order valence-corrected chi connectivity index (χ3v) is 4.08. The minimum Gasteiger partial charge on any atom is -0.370 e. The molecule has 0 spiro atoms. The van der Waals surface area contributed by atoms with E-state index in [0.717, 1.165) is 18.2 Å². The summed E-state index contributed by atoms with van der Waals surface area (Å²) in [5, 5.41) is 0.774. The molecule has 3 heteroatoms. The van der Waals surface area contributed by atoms with Crippen LogP contribution in [-0.2, 0) is 4.74 Å². The highest BCUT2D eigenvalue weighted by Gasteiger charge is 2.39. The number of likely N-dealkylation sites (N-methyl/N-ethyl adjacent to an activating group) is 1. The lowest BCUT2D eigenvalue weighted by Gasteiger charge is -2.49. The Kier molecular flexibility index (Phi) is 4.00. The van der Waals surface area contributed by atoms with Gasteiger partial charge in [0, 0.05) is 16.6 Å². The maximum absolute atomic E-state index is 6.08. The summed E-state index contributed by atoms with van der Waals surface area (Å²) < 4.78 is 6.08. The molecule has 0 N–H and O–H groups in total. The molecule has 18 heavy (non-hydrogen) atoms. The van der Waals surface area contributed by atoms with Crippen molar-refractivity contribution >= 4 is 11.6 Å². The zero-order valence-corrected chi connectivity index (χ0v) is 12.4. The van der Waals surface area contributed by atoms with E-state index in [9.17, 15) is 0 Å². The van der Waals surface area contributed by atoms with E-state index in [0.29, 0.717) is 6.04 Å². The minimum atomic E-state index is 0.100. The average Bonchev–Trinajstić information content (AvgIpc) is 2.28. The van der Waals surface area contributed by atoms with Gasteiger partial charge < -0.3 is 4.74 Å². The fraction of sp³-hybridized carbons (Fsp3) is 0.600. The molecule has 0 aliphatic carbocycles. The van der Waals surface area contributed by atoms with Gasteiger partial charge in [0.1, 0.15) is 0 Å². The van der Waals surface area contributed by atoms with Crippen molar-refractivity contribution in [2.45, 2.75) is 45.4 Å². The lowest BCUT2D eigenvalue weighted by Crippen LogP contribution is -2.58. The van der Waals surface area contributed by atoms with Crippen LogP contribution in [0.15, 0.2) is 24.3 Å². The Balaban J connectivity index is 2.26. The summed E-state index contributed by atoms with van der Waals surface area (Å²) in [5.74, 6) is 0. The summed E-state index contributed by atoms with van der Waals surface area (Å²) in [4.78, 5) is 2.50. The van der Waals surface area contributed by atoms with Crippen LogP contribution in [0.3, 0.4) is 0 Å². The van der Waals surface area contributed by atoms with Crippen molar-refractivity contribution in [2.24, 2.45) is 0 Å². The van der Waals surface area contributed by atoms with Gasteiger partial charge in [-0.1, -0.05) is 30.7 Å². The van der Waals surface area contributed by atoms with Crippen LogP contribution < -0.4 is 0 Å². The highest BCUT2D eigenvalue weighted by atomic mass is 35.5. The van der Waals surface area contributed by atoms with Gasteiger partial charge in [-0.05, 0) is 45.0 Å². The average molecular weight is 268 g/mol.